The third kappa shape index (κ3) is 2.11. The zero-order valence-corrected chi connectivity index (χ0v) is 10.7. The lowest BCUT2D eigenvalue weighted by atomic mass is 9.85. The second-order valence-corrected chi connectivity index (χ2v) is 4.89. The lowest BCUT2D eigenvalue weighted by Crippen LogP contribution is -2.51. The third-order valence-electron chi connectivity index (χ3n) is 3.36. The number of aliphatic hydroxyl groups is 1. The molecular weight excluding hydrogens is 242 g/mol. The molecule has 0 spiro atoms. The highest BCUT2D eigenvalue weighted by molar-refractivity contribution is 5.58. The van der Waals surface area contributed by atoms with E-state index in [1.165, 1.54) is 0 Å². The minimum absolute atomic E-state index is 0.00619. The first kappa shape index (κ1) is 12.2. The van der Waals surface area contributed by atoms with Gasteiger partial charge in [0.15, 0.2) is 0 Å². The van der Waals surface area contributed by atoms with Gasteiger partial charge in [0.1, 0.15) is 5.82 Å². The van der Waals surface area contributed by atoms with E-state index < -0.39 is 5.41 Å². The van der Waals surface area contributed by atoms with Gasteiger partial charge < -0.3 is 9.84 Å². The van der Waals surface area contributed by atoms with Crippen LogP contribution in [0.4, 0.5) is 0 Å². The fraction of sp³-hybridized carbons (Fsp3) is 0.357. The Kier molecular flexibility index (Phi) is 3.00. The van der Waals surface area contributed by atoms with Gasteiger partial charge in [-0.25, -0.2) is 9.97 Å². The molecule has 0 aromatic carbocycles. The highest BCUT2D eigenvalue weighted by Gasteiger charge is 2.43. The van der Waals surface area contributed by atoms with Crippen LogP contribution in [0, 0.1) is 6.92 Å². The van der Waals surface area contributed by atoms with Crippen LogP contribution in [0.25, 0.3) is 11.3 Å². The number of hydrogen-bond donors (Lipinski definition) is 1. The maximum Gasteiger partial charge on any atom is 0.142 e. The Morgan fingerprint density at radius 1 is 1.26 bits per heavy atom. The summed E-state index contributed by atoms with van der Waals surface area (Å²) in [5, 5.41) is 9.57. The number of pyridine rings is 1. The van der Waals surface area contributed by atoms with Crippen LogP contribution in [-0.4, -0.2) is 39.9 Å². The van der Waals surface area contributed by atoms with Crippen LogP contribution in [-0.2, 0) is 10.2 Å². The van der Waals surface area contributed by atoms with Gasteiger partial charge in [-0.2, -0.15) is 0 Å². The van der Waals surface area contributed by atoms with Gasteiger partial charge in [-0.1, -0.05) is 0 Å². The van der Waals surface area contributed by atoms with Crippen molar-refractivity contribution in [1.29, 1.82) is 0 Å². The predicted molar refractivity (Wildman–Crippen MR) is 69.6 cm³/mol. The van der Waals surface area contributed by atoms with Crippen molar-refractivity contribution >= 4 is 0 Å². The molecule has 1 saturated heterocycles. The summed E-state index contributed by atoms with van der Waals surface area (Å²) in [5.74, 6) is 0.660. The van der Waals surface area contributed by atoms with Crippen LogP contribution < -0.4 is 0 Å². The average Bonchev–Trinajstić information content (AvgIpc) is 2.39. The highest BCUT2D eigenvalue weighted by atomic mass is 16.5. The molecule has 1 fully saturated rings. The number of hydrogen-bond acceptors (Lipinski definition) is 5. The van der Waals surface area contributed by atoms with Gasteiger partial charge in [-0.3, -0.25) is 4.98 Å². The summed E-state index contributed by atoms with van der Waals surface area (Å²) in [6.07, 6.45) is 3.47. The standard InChI is InChI=1S/C14H15N3O2/c1-10-6-12(11-2-4-15-5-3-11)17-13(16-10)14(7-18)8-19-9-14/h2-6,18H,7-9H2,1H3. The molecule has 0 unspecified atom stereocenters. The van der Waals surface area contributed by atoms with Gasteiger partial charge in [-0.05, 0) is 25.1 Å². The first-order chi connectivity index (χ1) is 9.23. The normalized spacial score (nSPS) is 16.9. The molecule has 0 radical (unpaired) electrons. The first-order valence-corrected chi connectivity index (χ1v) is 6.19. The molecule has 0 saturated carbocycles. The zero-order chi connectivity index (χ0) is 13.3. The Morgan fingerprint density at radius 3 is 2.58 bits per heavy atom. The van der Waals surface area contributed by atoms with Gasteiger partial charge in [-0.15, -0.1) is 0 Å². The van der Waals surface area contributed by atoms with Gasteiger partial charge in [0.25, 0.3) is 0 Å². The minimum Gasteiger partial charge on any atom is -0.395 e. The molecule has 2 aromatic heterocycles. The monoisotopic (exact) mass is 257 g/mol. The topological polar surface area (TPSA) is 68.1 Å². The number of rotatable bonds is 3. The Labute approximate surface area is 111 Å². The smallest absolute Gasteiger partial charge is 0.142 e. The summed E-state index contributed by atoms with van der Waals surface area (Å²) in [7, 11) is 0. The molecule has 1 aliphatic heterocycles. The Balaban J connectivity index is 2.06. The molecule has 0 aliphatic carbocycles. The van der Waals surface area contributed by atoms with Crippen molar-refractivity contribution in [2.24, 2.45) is 0 Å². The Hall–Kier alpha value is -1.85. The van der Waals surface area contributed by atoms with Crippen LogP contribution in [0.3, 0.4) is 0 Å². The zero-order valence-electron chi connectivity index (χ0n) is 10.7. The van der Waals surface area contributed by atoms with Gasteiger partial charge in [0.05, 0.1) is 30.9 Å². The summed E-state index contributed by atoms with van der Waals surface area (Å²) in [6.45, 7) is 2.89. The van der Waals surface area contributed by atoms with Gasteiger partial charge >= 0.3 is 0 Å². The lowest BCUT2D eigenvalue weighted by Gasteiger charge is -2.38. The molecule has 0 amide bonds. The predicted octanol–water partition coefficient (Wildman–Crippen LogP) is 1.11. The maximum atomic E-state index is 9.57. The summed E-state index contributed by atoms with van der Waals surface area (Å²) < 4.78 is 5.22. The highest BCUT2D eigenvalue weighted by Crippen LogP contribution is 2.30. The maximum absolute atomic E-state index is 9.57. The molecule has 3 heterocycles. The van der Waals surface area contributed by atoms with E-state index in [1.807, 2.05) is 25.1 Å². The number of nitrogens with zero attached hydrogens (tertiary/aromatic N) is 3. The molecule has 0 atom stereocenters. The second-order valence-electron chi connectivity index (χ2n) is 4.89. The van der Waals surface area contributed by atoms with Crippen molar-refractivity contribution in [2.45, 2.75) is 12.3 Å². The summed E-state index contributed by atoms with van der Waals surface area (Å²) >= 11 is 0. The fourth-order valence-corrected chi connectivity index (χ4v) is 2.12. The molecule has 2 aromatic rings. The van der Waals surface area contributed by atoms with E-state index in [2.05, 4.69) is 15.0 Å². The summed E-state index contributed by atoms with van der Waals surface area (Å²) in [4.78, 5) is 13.1. The van der Waals surface area contributed by atoms with Crippen molar-refractivity contribution in [3.8, 4) is 11.3 Å². The molecule has 0 bridgehead atoms. The van der Waals surface area contributed by atoms with E-state index in [0.29, 0.717) is 19.0 Å². The van der Waals surface area contributed by atoms with E-state index in [0.717, 1.165) is 17.0 Å². The summed E-state index contributed by atoms with van der Waals surface area (Å²) in [5.41, 5.74) is 2.30. The summed E-state index contributed by atoms with van der Waals surface area (Å²) in [6, 6.07) is 5.76. The van der Waals surface area contributed by atoms with Crippen LogP contribution in [0.1, 0.15) is 11.5 Å². The number of aromatic nitrogens is 3. The molecule has 5 nitrogen and oxygen atoms in total. The third-order valence-corrected chi connectivity index (χ3v) is 3.36. The van der Waals surface area contributed by atoms with E-state index in [9.17, 15) is 5.11 Å². The largest absolute Gasteiger partial charge is 0.395 e. The van der Waals surface area contributed by atoms with Crippen molar-refractivity contribution in [2.75, 3.05) is 19.8 Å². The van der Waals surface area contributed by atoms with Crippen molar-refractivity contribution in [1.82, 2.24) is 15.0 Å². The van der Waals surface area contributed by atoms with Crippen LogP contribution in [0.5, 0.6) is 0 Å². The van der Waals surface area contributed by atoms with Crippen molar-refractivity contribution in [3.63, 3.8) is 0 Å². The lowest BCUT2D eigenvalue weighted by molar-refractivity contribution is -0.0884. The molecule has 1 aliphatic rings. The van der Waals surface area contributed by atoms with Crippen molar-refractivity contribution < 1.29 is 9.84 Å². The van der Waals surface area contributed by atoms with Gasteiger partial charge in [0, 0.05) is 23.7 Å². The van der Waals surface area contributed by atoms with E-state index in [1.54, 1.807) is 12.4 Å². The number of aliphatic hydroxyl groups excluding tert-OH is 1. The fourth-order valence-electron chi connectivity index (χ4n) is 2.12. The average molecular weight is 257 g/mol. The number of aryl methyl sites for hydroxylation is 1. The Bertz CT molecular complexity index is 577. The number of ether oxygens (including phenoxy) is 1. The molecule has 98 valence electrons. The quantitative estimate of drug-likeness (QED) is 0.892. The molecule has 5 heteroatoms. The Morgan fingerprint density at radius 2 is 2.00 bits per heavy atom. The van der Waals surface area contributed by atoms with E-state index >= 15 is 0 Å². The molecule has 1 N–H and O–H groups in total. The molecule has 19 heavy (non-hydrogen) atoms. The van der Waals surface area contributed by atoms with E-state index in [4.69, 9.17) is 4.74 Å². The van der Waals surface area contributed by atoms with Gasteiger partial charge in [0.2, 0.25) is 0 Å². The van der Waals surface area contributed by atoms with Crippen molar-refractivity contribution in [3.05, 3.63) is 42.1 Å². The molecule has 3 rings (SSSR count). The van der Waals surface area contributed by atoms with Crippen LogP contribution >= 0.6 is 0 Å². The van der Waals surface area contributed by atoms with E-state index in [-0.39, 0.29) is 6.61 Å². The van der Waals surface area contributed by atoms with Crippen LogP contribution in [0.15, 0.2) is 30.6 Å². The first-order valence-electron chi connectivity index (χ1n) is 6.19. The molecular formula is C14H15N3O2. The SMILES string of the molecule is Cc1cc(-c2ccncc2)nc(C2(CO)COC2)n1. The van der Waals surface area contributed by atoms with Crippen LogP contribution in [0.2, 0.25) is 0 Å². The second kappa shape index (κ2) is 4.68. The minimum atomic E-state index is -0.437.